The van der Waals surface area contributed by atoms with Crippen molar-refractivity contribution in [1.29, 1.82) is 0 Å². The number of rotatable bonds is 5. The van der Waals surface area contributed by atoms with Gasteiger partial charge in [0.1, 0.15) is 0 Å². The first kappa shape index (κ1) is 15.4. The van der Waals surface area contributed by atoms with E-state index < -0.39 is 0 Å². The maximum atomic E-state index is 6.18. The fourth-order valence-electron chi connectivity index (χ4n) is 2.37. The van der Waals surface area contributed by atoms with Gasteiger partial charge in [0.25, 0.3) is 0 Å². The van der Waals surface area contributed by atoms with E-state index >= 15 is 0 Å². The van der Waals surface area contributed by atoms with Crippen molar-refractivity contribution >= 4 is 23.2 Å². The summed E-state index contributed by atoms with van der Waals surface area (Å²) in [5.74, 6) is 0. The predicted molar refractivity (Wildman–Crippen MR) is 88.6 cm³/mol. The lowest BCUT2D eigenvalue weighted by Crippen LogP contribution is -2.17. The van der Waals surface area contributed by atoms with Crippen molar-refractivity contribution in [1.82, 2.24) is 0 Å². The molecular formula is C18H19Cl2. The average molecular weight is 306 g/mol. The number of halogens is 2. The number of hydrogen-bond acceptors (Lipinski definition) is 0. The first-order valence-corrected chi connectivity index (χ1v) is 7.59. The lowest BCUT2D eigenvalue weighted by Gasteiger charge is -2.25. The number of hydrogen-bond donors (Lipinski definition) is 0. The van der Waals surface area contributed by atoms with Gasteiger partial charge in [-0.15, -0.1) is 0 Å². The molecule has 1 radical (unpaired) electrons. The molecule has 0 aliphatic heterocycles. The molecule has 0 bridgehead atoms. The second-order valence-corrected chi connectivity index (χ2v) is 6.36. The maximum Gasteiger partial charge on any atom is 0.0437 e. The SMILES string of the molecule is [CH2]C(C)(CCCc1ccccc1Cl)c1ccc(Cl)cc1. The molecule has 0 aromatic heterocycles. The zero-order valence-corrected chi connectivity index (χ0v) is 13.2. The van der Waals surface area contributed by atoms with E-state index in [0.29, 0.717) is 0 Å². The topological polar surface area (TPSA) is 0 Å². The van der Waals surface area contributed by atoms with Crippen LogP contribution in [0.25, 0.3) is 0 Å². The molecule has 20 heavy (non-hydrogen) atoms. The van der Waals surface area contributed by atoms with E-state index in [1.54, 1.807) is 0 Å². The Labute approximate surface area is 131 Å². The molecule has 0 heterocycles. The third-order valence-electron chi connectivity index (χ3n) is 3.67. The summed E-state index contributed by atoms with van der Waals surface area (Å²) in [6, 6.07) is 16.0. The van der Waals surface area contributed by atoms with Crippen molar-refractivity contribution in [3.8, 4) is 0 Å². The summed E-state index contributed by atoms with van der Waals surface area (Å²) in [5.41, 5.74) is 2.34. The molecule has 0 N–H and O–H groups in total. The van der Waals surface area contributed by atoms with Crippen LogP contribution in [0.4, 0.5) is 0 Å². The first-order valence-electron chi connectivity index (χ1n) is 6.84. The summed E-state index contributed by atoms with van der Waals surface area (Å²) in [4.78, 5) is 0. The molecule has 1 atom stereocenters. The zero-order valence-electron chi connectivity index (χ0n) is 11.7. The van der Waals surface area contributed by atoms with Crippen molar-refractivity contribution in [2.75, 3.05) is 0 Å². The Balaban J connectivity index is 1.96. The average Bonchev–Trinajstić information content (AvgIpc) is 2.41. The highest BCUT2D eigenvalue weighted by Gasteiger charge is 2.20. The quantitative estimate of drug-likeness (QED) is 0.625. The van der Waals surface area contributed by atoms with Gasteiger partial charge in [-0.3, -0.25) is 0 Å². The smallest absolute Gasteiger partial charge is 0.0437 e. The molecule has 0 aliphatic rings. The predicted octanol–water partition coefficient (Wildman–Crippen LogP) is 6.11. The fraction of sp³-hybridized carbons (Fsp3) is 0.278. The Kier molecular flexibility index (Phi) is 5.12. The van der Waals surface area contributed by atoms with E-state index in [0.717, 1.165) is 29.3 Å². The fourth-order valence-corrected chi connectivity index (χ4v) is 2.72. The summed E-state index contributed by atoms with van der Waals surface area (Å²) >= 11 is 12.1. The molecule has 2 rings (SSSR count). The summed E-state index contributed by atoms with van der Waals surface area (Å²) in [6.45, 7) is 6.52. The minimum atomic E-state index is -0.0914. The molecule has 0 nitrogen and oxygen atoms in total. The lowest BCUT2D eigenvalue weighted by molar-refractivity contribution is 0.511. The van der Waals surface area contributed by atoms with Crippen LogP contribution in [0.5, 0.6) is 0 Å². The minimum absolute atomic E-state index is 0.0914. The minimum Gasteiger partial charge on any atom is -0.0843 e. The molecule has 2 aromatic carbocycles. The van der Waals surface area contributed by atoms with Gasteiger partial charge >= 0.3 is 0 Å². The van der Waals surface area contributed by atoms with Crippen molar-refractivity contribution < 1.29 is 0 Å². The van der Waals surface area contributed by atoms with Crippen LogP contribution in [0.1, 0.15) is 30.9 Å². The van der Waals surface area contributed by atoms with Crippen molar-refractivity contribution in [3.05, 3.63) is 76.6 Å². The van der Waals surface area contributed by atoms with Gasteiger partial charge in [-0.1, -0.05) is 60.5 Å². The van der Waals surface area contributed by atoms with Crippen LogP contribution >= 0.6 is 23.2 Å². The molecule has 0 saturated heterocycles. The first-order chi connectivity index (χ1) is 9.49. The van der Waals surface area contributed by atoms with Gasteiger partial charge in [0, 0.05) is 10.0 Å². The molecule has 2 aromatic rings. The van der Waals surface area contributed by atoms with Gasteiger partial charge in [-0.2, -0.15) is 0 Å². The third kappa shape index (κ3) is 4.01. The molecule has 0 aliphatic carbocycles. The number of aryl methyl sites for hydroxylation is 1. The largest absolute Gasteiger partial charge is 0.0843 e. The highest BCUT2D eigenvalue weighted by Crippen LogP contribution is 2.30. The Hall–Kier alpha value is -0.980. The van der Waals surface area contributed by atoms with Crippen molar-refractivity contribution in [2.45, 2.75) is 31.6 Å². The van der Waals surface area contributed by atoms with Gasteiger partial charge in [0.2, 0.25) is 0 Å². The van der Waals surface area contributed by atoms with Gasteiger partial charge in [0.15, 0.2) is 0 Å². The summed E-state index contributed by atoms with van der Waals surface area (Å²) in [7, 11) is 0. The second-order valence-electron chi connectivity index (χ2n) is 5.51. The van der Waals surface area contributed by atoms with E-state index in [9.17, 15) is 0 Å². The van der Waals surface area contributed by atoms with Crippen molar-refractivity contribution in [3.63, 3.8) is 0 Å². The maximum absolute atomic E-state index is 6.18. The Morgan fingerprint density at radius 3 is 2.30 bits per heavy atom. The third-order valence-corrected chi connectivity index (χ3v) is 4.29. The Bertz CT molecular complexity index is 556. The van der Waals surface area contributed by atoms with E-state index in [-0.39, 0.29) is 5.41 Å². The molecule has 105 valence electrons. The highest BCUT2D eigenvalue weighted by molar-refractivity contribution is 6.31. The van der Waals surface area contributed by atoms with Gasteiger partial charge in [0.05, 0.1) is 0 Å². The van der Waals surface area contributed by atoms with Crippen LogP contribution in [-0.2, 0) is 11.8 Å². The summed E-state index contributed by atoms with van der Waals surface area (Å²) in [5, 5.41) is 1.62. The van der Waals surface area contributed by atoms with E-state index in [1.807, 2.05) is 30.3 Å². The van der Waals surface area contributed by atoms with E-state index in [4.69, 9.17) is 23.2 Å². The van der Waals surface area contributed by atoms with Crippen molar-refractivity contribution in [2.24, 2.45) is 0 Å². The van der Waals surface area contributed by atoms with Crippen LogP contribution in [0.3, 0.4) is 0 Å². The molecule has 0 amide bonds. The van der Waals surface area contributed by atoms with Gasteiger partial charge < -0.3 is 0 Å². The van der Waals surface area contributed by atoms with Crippen LogP contribution in [0.2, 0.25) is 10.0 Å². The summed E-state index contributed by atoms with van der Waals surface area (Å²) in [6.07, 6.45) is 3.06. The van der Waals surface area contributed by atoms with Crippen LogP contribution < -0.4 is 0 Å². The van der Waals surface area contributed by atoms with E-state index in [2.05, 4.69) is 32.0 Å². The van der Waals surface area contributed by atoms with Crippen LogP contribution in [-0.4, -0.2) is 0 Å². The molecule has 0 spiro atoms. The van der Waals surface area contributed by atoms with Crippen LogP contribution in [0, 0.1) is 6.92 Å². The molecule has 1 unspecified atom stereocenters. The second kappa shape index (κ2) is 6.65. The molecule has 0 saturated carbocycles. The zero-order chi connectivity index (χ0) is 14.6. The van der Waals surface area contributed by atoms with E-state index in [1.165, 1.54) is 11.1 Å². The van der Waals surface area contributed by atoms with Crippen LogP contribution in [0.15, 0.2) is 48.5 Å². The number of benzene rings is 2. The normalized spacial score (nSPS) is 11.6. The highest BCUT2D eigenvalue weighted by atomic mass is 35.5. The van der Waals surface area contributed by atoms with Gasteiger partial charge in [-0.05, 0) is 60.9 Å². The molecule has 2 heteroatoms. The Morgan fingerprint density at radius 1 is 1.00 bits per heavy atom. The molecular weight excluding hydrogens is 287 g/mol. The Morgan fingerprint density at radius 2 is 1.65 bits per heavy atom. The standard InChI is InChI=1S/C18H19Cl2/c1-18(2,15-9-11-16(19)12-10-15)13-5-7-14-6-3-4-8-17(14)20/h3-4,6,8-12H,1,5,7,13H2,2H3. The monoisotopic (exact) mass is 305 g/mol. The van der Waals surface area contributed by atoms with Gasteiger partial charge in [-0.25, -0.2) is 0 Å². The summed E-state index contributed by atoms with van der Waals surface area (Å²) < 4.78 is 0. The lowest BCUT2D eigenvalue weighted by atomic mass is 9.80. The molecule has 0 fully saturated rings.